The highest BCUT2D eigenvalue weighted by Crippen LogP contribution is 2.14. The number of anilines is 1. The van der Waals surface area contributed by atoms with Crippen LogP contribution in [0.1, 0.15) is 20.8 Å². The van der Waals surface area contributed by atoms with E-state index in [0.717, 1.165) is 0 Å². The molecule has 82 valence electrons. The van der Waals surface area contributed by atoms with Crippen LogP contribution in [0.5, 0.6) is 0 Å². The first-order chi connectivity index (χ1) is 6.92. The number of Topliss-reactive ketones (excluding diaryl/α,β-unsaturated/α-hetero) is 1. The quantitative estimate of drug-likeness (QED) is 0.859. The summed E-state index contributed by atoms with van der Waals surface area (Å²) < 4.78 is 4.94. The number of aromatic nitrogens is 1. The number of hydrogen-bond acceptors (Lipinski definition) is 5. The van der Waals surface area contributed by atoms with Gasteiger partial charge in [0.1, 0.15) is 0 Å². The van der Waals surface area contributed by atoms with Gasteiger partial charge in [-0.2, -0.15) is 0 Å². The molecule has 1 N–H and O–H groups in total. The molecule has 0 saturated heterocycles. The molecule has 0 radical (unpaired) electrons. The average molecular weight is 228 g/mol. The Morgan fingerprint density at radius 3 is 2.67 bits per heavy atom. The second-order valence-electron chi connectivity index (χ2n) is 3.42. The number of ether oxygens (including phenoxy) is 1. The third kappa shape index (κ3) is 3.32. The van der Waals surface area contributed by atoms with Crippen molar-refractivity contribution in [2.75, 3.05) is 5.32 Å². The number of rotatable bonds is 3. The summed E-state index contributed by atoms with van der Waals surface area (Å²) in [7, 11) is 0. The summed E-state index contributed by atoms with van der Waals surface area (Å²) >= 11 is 1.28. The summed E-state index contributed by atoms with van der Waals surface area (Å²) in [5, 5.41) is 4.60. The number of amides is 1. The van der Waals surface area contributed by atoms with Gasteiger partial charge in [0.05, 0.1) is 0 Å². The van der Waals surface area contributed by atoms with Crippen molar-refractivity contribution < 1.29 is 14.3 Å². The lowest BCUT2D eigenvalue weighted by Gasteiger charge is -2.21. The van der Waals surface area contributed by atoms with Crippen molar-refractivity contribution in [1.29, 1.82) is 0 Å². The Morgan fingerprint density at radius 1 is 1.53 bits per heavy atom. The summed E-state index contributed by atoms with van der Waals surface area (Å²) in [5.41, 5.74) is -1.11. The summed E-state index contributed by atoms with van der Waals surface area (Å²) in [6.07, 6.45) is 0.890. The number of hydrogen-bond donors (Lipinski definition) is 1. The molecule has 0 atom stereocenters. The maximum Gasteiger partial charge on any atom is 0.414 e. The van der Waals surface area contributed by atoms with Crippen LogP contribution in [0.3, 0.4) is 0 Å². The van der Waals surface area contributed by atoms with Gasteiger partial charge in [0.25, 0.3) is 0 Å². The molecule has 1 aromatic rings. The van der Waals surface area contributed by atoms with E-state index in [1.165, 1.54) is 32.1 Å². The second kappa shape index (κ2) is 4.39. The molecule has 0 unspecified atom stereocenters. The Labute approximate surface area is 91.5 Å². The fourth-order valence-electron chi connectivity index (χ4n) is 0.702. The minimum atomic E-state index is -1.11. The molecule has 0 bridgehead atoms. The van der Waals surface area contributed by atoms with Gasteiger partial charge in [0.2, 0.25) is 0 Å². The molecule has 0 aliphatic carbocycles. The van der Waals surface area contributed by atoms with Gasteiger partial charge in [-0.15, -0.1) is 11.3 Å². The molecule has 6 heteroatoms. The molecule has 1 heterocycles. The van der Waals surface area contributed by atoms with Gasteiger partial charge in [-0.3, -0.25) is 10.1 Å². The van der Waals surface area contributed by atoms with Crippen molar-refractivity contribution in [2.45, 2.75) is 26.4 Å². The maximum atomic E-state index is 11.3. The predicted octanol–water partition coefficient (Wildman–Crippen LogP) is 2.06. The fraction of sp³-hybridized carbons (Fsp3) is 0.444. The molecule has 5 nitrogen and oxygen atoms in total. The third-order valence-corrected chi connectivity index (χ3v) is 2.53. The SMILES string of the molecule is CC(=O)C(C)(C)OC(=O)Nc1nccs1. The van der Waals surface area contributed by atoms with E-state index in [2.05, 4.69) is 10.3 Å². The number of ketones is 1. The Balaban J connectivity index is 2.53. The van der Waals surface area contributed by atoms with Gasteiger partial charge < -0.3 is 4.74 Å². The molecule has 1 amide bonds. The molecule has 15 heavy (non-hydrogen) atoms. The molecule has 0 aliphatic heterocycles. The fourth-order valence-corrected chi connectivity index (χ4v) is 1.22. The Kier molecular flexibility index (Phi) is 3.41. The zero-order valence-electron chi connectivity index (χ0n) is 8.73. The van der Waals surface area contributed by atoms with Gasteiger partial charge >= 0.3 is 6.09 Å². The number of carbonyl (C=O) groups excluding carboxylic acids is 2. The Morgan fingerprint density at radius 2 is 2.20 bits per heavy atom. The van der Waals surface area contributed by atoms with E-state index in [1.54, 1.807) is 11.6 Å². The summed E-state index contributed by atoms with van der Waals surface area (Å²) in [6, 6.07) is 0. The largest absolute Gasteiger partial charge is 0.435 e. The van der Waals surface area contributed by atoms with E-state index in [4.69, 9.17) is 4.74 Å². The minimum absolute atomic E-state index is 0.211. The predicted molar refractivity (Wildman–Crippen MR) is 57.0 cm³/mol. The number of nitrogens with one attached hydrogen (secondary N) is 1. The van der Waals surface area contributed by atoms with Crippen LogP contribution in [0, 0.1) is 0 Å². The summed E-state index contributed by atoms with van der Waals surface area (Å²) in [6.45, 7) is 4.45. The van der Waals surface area contributed by atoms with E-state index in [9.17, 15) is 9.59 Å². The number of carbonyl (C=O) groups is 2. The zero-order chi connectivity index (χ0) is 11.5. The molecule has 0 spiro atoms. The second-order valence-corrected chi connectivity index (χ2v) is 4.31. The first kappa shape index (κ1) is 11.6. The highest BCUT2D eigenvalue weighted by atomic mass is 32.1. The van der Waals surface area contributed by atoms with Gasteiger partial charge in [-0.05, 0) is 20.8 Å². The van der Waals surface area contributed by atoms with Crippen molar-refractivity contribution in [3.63, 3.8) is 0 Å². The highest BCUT2D eigenvalue weighted by Gasteiger charge is 2.28. The van der Waals surface area contributed by atoms with Gasteiger partial charge in [0, 0.05) is 11.6 Å². The van der Waals surface area contributed by atoms with Crippen LogP contribution in [0.15, 0.2) is 11.6 Å². The number of thiazole rings is 1. The first-order valence-electron chi connectivity index (χ1n) is 4.32. The van der Waals surface area contributed by atoms with Gasteiger partial charge in [-0.1, -0.05) is 0 Å². The van der Waals surface area contributed by atoms with Crippen LogP contribution < -0.4 is 5.32 Å². The van der Waals surface area contributed by atoms with Gasteiger partial charge in [0.15, 0.2) is 16.5 Å². The first-order valence-corrected chi connectivity index (χ1v) is 5.20. The van der Waals surface area contributed by atoms with E-state index in [0.29, 0.717) is 5.13 Å². The normalized spacial score (nSPS) is 10.9. The molecule has 0 fully saturated rings. The average Bonchev–Trinajstić information content (AvgIpc) is 2.54. The molecule has 0 aliphatic rings. The Bertz CT molecular complexity index is 359. The van der Waals surface area contributed by atoms with Crippen LogP contribution >= 0.6 is 11.3 Å². The monoisotopic (exact) mass is 228 g/mol. The van der Waals surface area contributed by atoms with E-state index >= 15 is 0 Å². The lowest BCUT2D eigenvalue weighted by atomic mass is 10.1. The van der Waals surface area contributed by atoms with Crippen LogP contribution in [-0.4, -0.2) is 22.5 Å². The highest BCUT2D eigenvalue weighted by molar-refractivity contribution is 7.13. The minimum Gasteiger partial charge on any atom is -0.435 e. The van der Waals surface area contributed by atoms with Crippen LogP contribution in [0.4, 0.5) is 9.93 Å². The lowest BCUT2D eigenvalue weighted by molar-refractivity contribution is -0.131. The standard InChI is InChI=1S/C9H12N2O3S/c1-6(12)9(2,3)14-8(13)11-7-10-4-5-15-7/h4-5H,1-3H3,(H,10,11,13). The molecule has 0 saturated carbocycles. The van der Waals surface area contributed by atoms with Crippen molar-refractivity contribution >= 4 is 28.3 Å². The maximum absolute atomic E-state index is 11.3. The van der Waals surface area contributed by atoms with Gasteiger partial charge in [-0.25, -0.2) is 9.78 Å². The van der Waals surface area contributed by atoms with Crippen LogP contribution in [0.25, 0.3) is 0 Å². The van der Waals surface area contributed by atoms with E-state index in [1.807, 2.05) is 0 Å². The van der Waals surface area contributed by atoms with Crippen molar-refractivity contribution in [3.8, 4) is 0 Å². The molecule has 0 aromatic carbocycles. The number of nitrogens with zero attached hydrogens (tertiary/aromatic N) is 1. The van der Waals surface area contributed by atoms with Crippen LogP contribution in [0.2, 0.25) is 0 Å². The summed E-state index contributed by atoms with van der Waals surface area (Å²) in [5.74, 6) is -0.211. The smallest absolute Gasteiger partial charge is 0.414 e. The Hall–Kier alpha value is -1.43. The molecule has 1 aromatic heterocycles. The van der Waals surface area contributed by atoms with E-state index < -0.39 is 11.7 Å². The molecular formula is C9H12N2O3S. The lowest BCUT2D eigenvalue weighted by Crippen LogP contribution is -2.37. The van der Waals surface area contributed by atoms with E-state index in [-0.39, 0.29) is 5.78 Å². The topological polar surface area (TPSA) is 68.3 Å². The van der Waals surface area contributed by atoms with Crippen molar-refractivity contribution in [2.24, 2.45) is 0 Å². The van der Waals surface area contributed by atoms with Crippen molar-refractivity contribution in [1.82, 2.24) is 4.98 Å². The summed E-state index contributed by atoms with van der Waals surface area (Å²) in [4.78, 5) is 26.2. The van der Waals surface area contributed by atoms with Crippen molar-refractivity contribution in [3.05, 3.63) is 11.6 Å². The van der Waals surface area contributed by atoms with Crippen LogP contribution in [-0.2, 0) is 9.53 Å². The molecular weight excluding hydrogens is 216 g/mol. The molecule has 1 rings (SSSR count). The zero-order valence-corrected chi connectivity index (χ0v) is 9.55. The third-order valence-electron chi connectivity index (χ3n) is 1.84.